The third-order valence-corrected chi connectivity index (χ3v) is 4.04. The third kappa shape index (κ3) is 5.17. The number of amides is 2. The van der Waals surface area contributed by atoms with Crippen LogP contribution in [0.5, 0.6) is 0 Å². The first kappa shape index (κ1) is 18.7. The molecule has 2 unspecified atom stereocenters. The van der Waals surface area contributed by atoms with E-state index in [4.69, 9.17) is 9.47 Å². The Morgan fingerprint density at radius 2 is 2.08 bits per heavy atom. The first-order valence-electron chi connectivity index (χ1n) is 8.25. The van der Waals surface area contributed by atoms with Gasteiger partial charge >= 0.3 is 12.0 Å². The van der Waals surface area contributed by atoms with Crippen molar-refractivity contribution in [2.75, 3.05) is 45.9 Å². The summed E-state index contributed by atoms with van der Waals surface area (Å²) >= 11 is 0. The molecule has 2 aliphatic rings. The molecule has 9 heteroatoms. The van der Waals surface area contributed by atoms with E-state index in [9.17, 15) is 14.8 Å². The molecule has 0 spiro atoms. The van der Waals surface area contributed by atoms with Crippen molar-refractivity contribution < 1.29 is 24.2 Å². The van der Waals surface area contributed by atoms with Gasteiger partial charge in [0.05, 0.1) is 26.2 Å². The van der Waals surface area contributed by atoms with E-state index in [2.05, 4.69) is 11.9 Å². The molecule has 9 nitrogen and oxygen atoms in total. The van der Waals surface area contributed by atoms with E-state index in [1.807, 2.05) is 0 Å². The Morgan fingerprint density at radius 1 is 1.38 bits per heavy atom. The lowest BCUT2D eigenvalue weighted by molar-refractivity contribution is -1.01. The minimum atomic E-state index is -0.467. The molecule has 0 bridgehead atoms. The van der Waals surface area contributed by atoms with Crippen LogP contribution in [0.1, 0.15) is 19.8 Å². The summed E-state index contributed by atoms with van der Waals surface area (Å²) in [5, 5.41) is 16.7. The van der Waals surface area contributed by atoms with Gasteiger partial charge in [-0.3, -0.25) is 5.17 Å². The average Bonchev–Trinajstić information content (AvgIpc) is 3.12. The maximum atomic E-state index is 12.2. The zero-order valence-corrected chi connectivity index (χ0v) is 14.1. The predicted octanol–water partition coefficient (Wildman–Crippen LogP) is -1.13. The van der Waals surface area contributed by atoms with Crippen molar-refractivity contribution in [3.8, 4) is 0 Å². The minimum absolute atomic E-state index is 0.0271. The van der Waals surface area contributed by atoms with Crippen LogP contribution in [0.15, 0.2) is 12.2 Å². The second kappa shape index (κ2) is 8.97. The number of rotatable bonds is 6. The van der Waals surface area contributed by atoms with Gasteiger partial charge < -0.3 is 24.9 Å². The topological polar surface area (TPSA) is 98.6 Å². The number of esters is 1. The molecule has 0 aromatic rings. The van der Waals surface area contributed by atoms with Crippen LogP contribution in [-0.2, 0) is 14.3 Å². The highest BCUT2D eigenvalue weighted by atomic mass is 16.6. The molecule has 136 valence electrons. The molecule has 2 fully saturated rings. The molecule has 24 heavy (non-hydrogen) atoms. The SMILES string of the molecule is C=C(C)C(=O)OCCNC(=O)N1CCN([NH+]([O-])C2CCCO2)CC1. The van der Waals surface area contributed by atoms with Gasteiger partial charge in [0.15, 0.2) is 0 Å². The largest absolute Gasteiger partial charge is 0.611 e. The highest BCUT2D eigenvalue weighted by Gasteiger charge is 2.30. The summed E-state index contributed by atoms with van der Waals surface area (Å²) in [6.07, 6.45) is 1.39. The standard InChI is InChI=1S/C15H26N4O5/c1-12(2)14(20)24-11-5-16-15(21)17-6-8-18(9-7-17)19(22)13-4-3-10-23-13/h13,19H,1,3-11H2,2H3,(H,16,21). The Bertz CT molecular complexity index is 459. The fraction of sp³-hybridized carbons (Fsp3) is 0.733. The Kier molecular flexibility index (Phi) is 6.98. The molecule has 2 atom stereocenters. The van der Waals surface area contributed by atoms with Gasteiger partial charge in [-0.15, -0.1) is 0 Å². The monoisotopic (exact) mass is 342 g/mol. The molecule has 0 aromatic heterocycles. The summed E-state index contributed by atoms with van der Waals surface area (Å²) in [5.41, 5.74) is 0.327. The molecule has 0 aromatic carbocycles. The number of hydroxylamine groups is 1. The smallest absolute Gasteiger partial charge is 0.333 e. The molecule has 2 amide bonds. The number of piperazine rings is 1. The van der Waals surface area contributed by atoms with Gasteiger partial charge in [0.2, 0.25) is 6.23 Å². The lowest BCUT2D eigenvalue weighted by Crippen LogP contribution is -3.18. The molecular formula is C15H26N4O5. The predicted molar refractivity (Wildman–Crippen MR) is 85.6 cm³/mol. The van der Waals surface area contributed by atoms with Crippen molar-refractivity contribution in [2.45, 2.75) is 26.0 Å². The van der Waals surface area contributed by atoms with Gasteiger partial charge in [0.25, 0.3) is 0 Å². The lowest BCUT2D eigenvalue weighted by Gasteiger charge is -2.41. The van der Waals surface area contributed by atoms with Crippen molar-refractivity contribution in [2.24, 2.45) is 0 Å². The fourth-order valence-corrected chi connectivity index (χ4v) is 2.64. The van der Waals surface area contributed by atoms with Crippen molar-refractivity contribution in [1.82, 2.24) is 15.2 Å². The fourth-order valence-electron chi connectivity index (χ4n) is 2.64. The van der Waals surface area contributed by atoms with Crippen molar-refractivity contribution in [1.29, 1.82) is 0 Å². The van der Waals surface area contributed by atoms with E-state index in [1.54, 1.807) is 16.8 Å². The van der Waals surface area contributed by atoms with Crippen LogP contribution in [0.4, 0.5) is 4.79 Å². The Morgan fingerprint density at radius 3 is 2.67 bits per heavy atom. The molecular weight excluding hydrogens is 316 g/mol. The summed E-state index contributed by atoms with van der Waals surface area (Å²) < 4.78 is 10.3. The number of ether oxygens (including phenoxy) is 2. The van der Waals surface area contributed by atoms with Gasteiger partial charge in [0, 0.05) is 25.1 Å². The van der Waals surface area contributed by atoms with Crippen molar-refractivity contribution >= 4 is 12.0 Å². The highest BCUT2D eigenvalue weighted by molar-refractivity contribution is 5.86. The molecule has 2 N–H and O–H groups in total. The van der Waals surface area contributed by atoms with E-state index >= 15 is 0 Å². The summed E-state index contributed by atoms with van der Waals surface area (Å²) in [7, 11) is 0. The summed E-state index contributed by atoms with van der Waals surface area (Å²) in [6, 6.07) is -0.217. The van der Waals surface area contributed by atoms with Crippen LogP contribution in [0.2, 0.25) is 0 Å². The van der Waals surface area contributed by atoms with Crippen LogP contribution in [-0.4, -0.2) is 74.1 Å². The zero-order chi connectivity index (χ0) is 17.5. The van der Waals surface area contributed by atoms with Gasteiger partial charge in [-0.2, -0.15) is 5.01 Å². The number of quaternary nitrogens is 1. The number of carbonyl (C=O) groups excluding carboxylic acids is 2. The quantitative estimate of drug-likeness (QED) is 0.274. The summed E-state index contributed by atoms with van der Waals surface area (Å²) in [6.45, 7) is 8.03. The maximum absolute atomic E-state index is 12.2. The summed E-state index contributed by atoms with van der Waals surface area (Å²) in [4.78, 5) is 24.9. The van der Waals surface area contributed by atoms with Gasteiger partial charge in [-0.1, -0.05) is 6.58 Å². The van der Waals surface area contributed by atoms with E-state index in [0.717, 1.165) is 12.8 Å². The lowest BCUT2D eigenvalue weighted by atomic mass is 10.3. The normalized spacial score (nSPS) is 22.9. The van der Waals surface area contributed by atoms with Crippen LogP contribution in [0.3, 0.4) is 0 Å². The Balaban J connectivity index is 1.63. The molecule has 0 saturated carbocycles. The number of nitrogens with one attached hydrogen (secondary N) is 2. The average molecular weight is 342 g/mol. The van der Waals surface area contributed by atoms with Crippen LogP contribution in [0, 0.1) is 5.21 Å². The molecule has 0 radical (unpaired) electrons. The Labute approximate surface area is 141 Å². The molecule has 2 heterocycles. The second-order valence-corrected chi connectivity index (χ2v) is 5.96. The number of nitrogens with zero attached hydrogens (tertiary/aromatic N) is 2. The summed E-state index contributed by atoms with van der Waals surface area (Å²) in [5.74, 6) is -0.467. The van der Waals surface area contributed by atoms with Crippen molar-refractivity contribution in [3.05, 3.63) is 17.4 Å². The van der Waals surface area contributed by atoms with Crippen LogP contribution >= 0.6 is 0 Å². The molecule has 2 rings (SSSR count). The molecule has 0 aliphatic carbocycles. The zero-order valence-electron chi connectivity index (χ0n) is 14.1. The number of carbonyl (C=O) groups is 2. The van der Waals surface area contributed by atoms with Crippen LogP contribution < -0.4 is 10.5 Å². The minimum Gasteiger partial charge on any atom is -0.611 e. The van der Waals surface area contributed by atoms with Gasteiger partial charge in [-0.05, 0) is 13.3 Å². The van der Waals surface area contributed by atoms with Gasteiger partial charge in [-0.25, -0.2) is 9.59 Å². The molecule has 2 saturated heterocycles. The van der Waals surface area contributed by atoms with Gasteiger partial charge in [0.1, 0.15) is 6.61 Å². The van der Waals surface area contributed by atoms with E-state index in [0.29, 0.717) is 38.4 Å². The van der Waals surface area contributed by atoms with E-state index < -0.39 is 5.97 Å². The Hall–Kier alpha value is -1.68. The van der Waals surface area contributed by atoms with E-state index in [-0.39, 0.29) is 30.6 Å². The first-order valence-corrected chi connectivity index (χ1v) is 8.25. The third-order valence-electron chi connectivity index (χ3n) is 4.04. The number of urea groups is 1. The van der Waals surface area contributed by atoms with E-state index in [1.165, 1.54) is 0 Å². The van der Waals surface area contributed by atoms with Crippen molar-refractivity contribution in [3.63, 3.8) is 0 Å². The second-order valence-electron chi connectivity index (χ2n) is 5.96. The highest BCUT2D eigenvalue weighted by Crippen LogP contribution is 2.07. The number of hydrogen-bond donors (Lipinski definition) is 2. The first-order chi connectivity index (χ1) is 11.5. The maximum Gasteiger partial charge on any atom is 0.333 e. The number of hydrogen-bond acceptors (Lipinski definition) is 6. The molecule has 2 aliphatic heterocycles. The van der Waals surface area contributed by atoms with Crippen LogP contribution in [0.25, 0.3) is 0 Å².